The molecule has 1 heterocycles. The third-order valence-corrected chi connectivity index (χ3v) is 4.60. The molecule has 0 radical (unpaired) electrons. The Hall–Kier alpha value is -1.32. The monoisotopic (exact) mass is 290 g/mol. The van der Waals surface area contributed by atoms with Crippen LogP contribution in [0.2, 0.25) is 0 Å². The van der Waals surface area contributed by atoms with Gasteiger partial charge in [0, 0.05) is 25.1 Å². The lowest BCUT2D eigenvalue weighted by atomic mass is 9.84. The number of nitrogens with zero attached hydrogens (tertiary/aromatic N) is 2. The number of aromatic nitrogens is 2. The fourth-order valence-corrected chi connectivity index (χ4v) is 3.27. The average Bonchev–Trinajstić information content (AvgIpc) is 2.50. The Morgan fingerprint density at radius 2 is 1.90 bits per heavy atom. The number of hydrogen-bond acceptors (Lipinski definition) is 4. The van der Waals surface area contributed by atoms with Crippen LogP contribution in [0.25, 0.3) is 0 Å². The van der Waals surface area contributed by atoms with Crippen LogP contribution in [0.1, 0.15) is 63.8 Å². The normalized spacial score (nSPS) is 22.1. The molecule has 4 nitrogen and oxygen atoms in total. The minimum Gasteiger partial charge on any atom is -0.373 e. The molecule has 21 heavy (non-hydrogen) atoms. The van der Waals surface area contributed by atoms with Gasteiger partial charge in [-0.05, 0) is 32.1 Å². The summed E-state index contributed by atoms with van der Waals surface area (Å²) in [5.74, 6) is 3.80. The molecule has 0 amide bonds. The van der Waals surface area contributed by atoms with Gasteiger partial charge >= 0.3 is 0 Å². The summed E-state index contributed by atoms with van der Waals surface area (Å²) < 4.78 is 0. The lowest BCUT2D eigenvalue weighted by Gasteiger charge is -2.30. The van der Waals surface area contributed by atoms with Crippen molar-refractivity contribution in [3.63, 3.8) is 0 Å². The highest BCUT2D eigenvalue weighted by Crippen LogP contribution is 2.30. The molecule has 1 aliphatic carbocycles. The quantitative estimate of drug-likeness (QED) is 0.826. The Morgan fingerprint density at radius 1 is 1.14 bits per heavy atom. The summed E-state index contributed by atoms with van der Waals surface area (Å²) in [5, 5.41) is 6.90. The van der Waals surface area contributed by atoms with Crippen molar-refractivity contribution in [2.24, 2.45) is 5.92 Å². The maximum absolute atomic E-state index is 4.75. The maximum atomic E-state index is 4.75. The number of nitrogens with one attached hydrogen (secondary N) is 2. The van der Waals surface area contributed by atoms with E-state index in [1.54, 1.807) is 0 Å². The molecule has 118 valence electrons. The molecule has 0 aromatic carbocycles. The molecule has 1 saturated carbocycles. The van der Waals surface area contributed by atoms with Gasteiger partial charge in [0.1, 0.15) is 17.5 Å². The van der Waals surface area contributed by atoms with Crippen LogP contribution in [0.3, 0.4) is 0 Å². The SMILES string of the molecule is CCCc1nc(NC)c(C)c(NC2CCCC(CC)C2)n1. The van der Waals surface area contributed by atoms with E-state index in [9.17, 15) is 0 Å². The Kier molecular flexibility index (Phi) is 5.83. The lowest BCUT2D eigenvalue weighted by Crippen LogP contribution is -2.28. The van der Waals surface area contributed by atoms with Crippen molar-refractivity contribution >= 4 is 11.6 Å². The van der Waals surface area contributed by atoms with Crippen LogP contribution in [0, 0.1) is 12.8 Å². The third kappa shape index (κ3) is 4.08. The van der Waals surface area contributed by atoms with Gasteiger partial charge in [-0.25, -0.2) is 9.97 Å². The summed E-state index contributed by atoms with van der Waals surface area (Å²) in [4.78, 5) is 9.36. The first-order valence-corrected chi connectivity index (χ1v) is 8.49. The van der Waals surface area contributed by atoms with Crippen LogP contribution in [-0.4, -0.2) is 23.1 Å². The van der Waals surface area contributed by atoms with E-state index in [0.717, 1.165) is 41.8 Å². The molecule has 1 fully saturated rings. The van der Waals surface area contributed by atoms with E-state index < -0.39 is 0 Å². The minimum atomic E-state index is 0.566. The first-order valence-electron chi connectivity index (χ1n) is 8.49. The van der Waals surface area contributed by atoms with Gasteiger partial charge in [0.05, 0.1) is 0 Å². The zero-order chi connectivity index (χ0) is 15.2. The van der Waals surface area contributed by atoms with E-state index in [-0.39, 0.29) is 0 Å². The molecular weight excluding hydrogens is 260 g/mol. The van der Waals surface area contributed by atoms with Crippen molar-refractivity contribution in [2.75, 3.05) is 17.7 Å². The highest BCUT2D eigenvalue weighted by molar-refractivity contribution is 5.57. The van der Waals surface area contributed by atoms with Crippen molar-refractivity contribution in [2.45, 2.75) is 71.8 Å². The molecule has 2 N–H and O–H groups in total. The van der Waals surface area contributed by atoms with Crippen LogP contribution >= 0.6 is 0 Å². The Bertz CT molecular complexity index is 458. The third-order valence-electron chi connectivity index (χ3n) is 4.60. The number of anilines is 2. The van der Waals surface area contributed by atoms with Gasteiger partial charge in [-0.2, -0.15) is 0 Å². The van der Waals surface area contributed by atoms with E-state index in [1.165, 1.54) is 32.1 Å². The molecule has 2 unspecified atom stereocenters. The van der Waals surface area contributed by atoms with Crippen LogP contribution in [0.4, 0.5) is 11.6 Å². The summed E-state index contributed by atoms with van der Waals surface area (Å²) in [7, 11) is 1.93. The van der Waals surface area contributed by atoms with E-state index >= 15 is 0 Å². The first-order chi connectivity index (χ1) is 10.2. The summed E-state index contributed by atoms with van der Waals surface area (Å²) in [6.07, 6.45) is 8.57. The first kappa shape index (κ1) is 16.1. The summed E-state index contributed by atoms with van der Waals surface area (Å²) >= 11 is 0. The molecule has 0 aliphatic heterocycles. The van der Waals surface area contributed by atoms with Gasteiger partial charge in [-0.15, -0.1) is 0 Å². The van der Waals surface area contributed by atoms with Gasteiger partial charge in [0.2, 0.25) is 0 Å². The second kappa shape index (κ2) is 7.62. The van der Waals surface area contributed by atoms with E-state index in [0.29, 0.717) is 6.04 Å². The van der Waals surface area contributed by atoms with Crippen LogP contribution in [0.15, 0.2) is 0 Å². The van der Waals surface area contributed by atoms with Gasteiger partial charge in [-0.3, -0.25) is 0 Å². The molecule has 0 bridgehead atoms. The highest BCUT2D eigenvalue weighted by Gasteiger charge is 2.22. The average molecular weight is 290 g/mol. The predicted molar refractivity (Wildman–Crippen MR) is 90.0 cm³/mol. The molecular formula is C17H30N4. The van der Waals surface area contributed by atoms with Gasteiger partial charge in [0.15, 0.2) is 0 Å². The standard InChI is InChI=1S/C17H30N4/c1-5-8-15-20-16(18-4)12(3)17(21-15)19-14-10-7-9-13(6-2)11-14/h13-14H,5-11H2,1-4H3,(H2,18,19,20,21). The molecule has 1 aliphatic rings. The zero-order valence-electron chi connectivity index (χ0n) is 14.0. The van der Waals surface area contributed by atoms with Crippen molar-refractivity contribution in [3.8, 4) is 0 Å². The number of aryl methyl sites for hydroxylation is 1. The molecule has 2 atom stereocenters. The number of hydrogen-bond donors (Lipinski definition) is 2. The molecule has 2 rings (SSSR count). The van der Waals surface area contributed by atoms with Crippen molar-refractivity contribution in [1.82, 2.24) is 9.97 Å². The summed E-state index contributed by atoms with van der Waals surface area (Å²) in [5.41, 5.74) is 1.14. The molecule has 0 spiro atoms. The molecule has 1 aromatic rings. The molecule has 1 aromatic heterocycles. The number of rotatable bonds is 6. The summed E-state index contributed by atoms with van der Waals surface area (Å²) in [6.45, 7) is 6.58. The fourth-order valence-electron chi connectivity index (χ4n) is 3.27. The van der Waals surface area contributed by atoms with Crippen LogP contribution in [0.5, 0.6) is 0 Å². The van der Waals surface area contributed by atoms with Crippen molar-refractivity contribution < 1.29 is 0 Å². The van der Waals surface area contributed by atoms with E-state index in [1.807, 2.05) is 7.05 Å². The second-order valence-electron chi connectivity index (χ2n) is 6.24. The lowest BCUT2D eigenvalue weighted by molar-refractivity contribution is 0.327. The largest absolute Gasteiger partial charge is 0.373 e. The van der Waals surface area contributed by atoms with Gasteiger partial charge in [0.25, 0.3) is 0 Å². The molecule has 4 heteroatoms. The highest BCUT2D eigenvalue weighted by atomic mass is 15.1. The van der Waals surface area contributed by atoms with Gasteiger partial charge in [-0.1, -0.05) is 33.1 Å². The van der Waals surface area contributed by atoms with Crippen molar-refractivity contribution in [1.29, 1.82) is 0 Å². The van der Waals surface area contributed by atoms with E-state index in [4.69, 9.17) is 4.98 Å². The summed E-state index contributed by atoms with van der Waals surface area (Å²) in [6, 6.07) is 0.566. The Morgan fingerprint density at radius 3 is 2.57 bits per heavy atom. The fraction of sp³-hybridized carbons (Fsp3) is 0.765. The zero-order valence-corrected chi connectivity index (χ0v) is 14.0. The van der Waals surface area contributed by atoms with Crippen LogP contribution in [-0.2, 0) is 6.42 Å². The predicted octanol–water partition coefficient (Wildman–Crippen LogP) is 4.16. The minimum absolute atomic E-state index is 0.566. The van der Waals surface area contributed by atoms with Gasteiger partial charge < -0.3 is 10.6 Å². The second-order valence-corrected chi connectivity index (χ2v) is 6.24. The van der Waals surface area contributed by atoms with Crippen molar-refractivity contribution in [3.05, 3.63) is 11.4 Å². The maximum Gasteiger partial charge on any atom is 0.134 e. The molecule has 0 saturated heterocycles. The smallest absolute Gasteiger partial charge is 0.134 e. The topological polar surface area (TPSA) is 49.8 Å². The van der Waals surface area contributed by atoms with E-state index in [2.05, 4.69) is 36.4 Å². The van der Waals surface area contributed by atoms with Crippen LogP contribution < -0.4 is 10.6 Å². The Labute approximate surface area is 129 Å². The Balaban J connectivity index is 2.15.